The highest BCUT2D eigenvalue weighted by molar-refractivity contribution is 6.99. The first-order chi connectivity index (χ1) is 29.9. The highest BCUT2D eigenvalue weighted by Gasteiger charge is 2.60. The zero-order chi connectivity index (χ0) is 47.2. The average molecular weight is 938 g/mol. The first-order valence-electron chi connectivity index (χ1n) is 25.2. The quantitative estimate of drug-likeness (QED) is 0.108. The number of rotatable bonds is 18. The van der Waals surface area contributed by atoms with E-state index < -0.39 is 30.7 Å². The van der Waals surface area contributed by atoms with Crippen LogP contribution in [0.5, 0.6) is 0 Å². The molecule has 4 aliphatic heterocycles. The maximum atomic E-state index is 12.4. The van der Waals surface area contributed by atoms with Gasteiger partial charge in [-0.2, -0.15) is 0 Å². The van der Waals surface area contributed by atoms with Crippen LogP contribution in [0.15, 0.2) is 60.7 Å². The Hall–Kier alpha value is -1.68. The summed E-state index contributed by atoms with van der Waals surface area (Å²) < 4.78 is 51.0. The maximum absolute atomic E-state index is 12.4. The monoisotopic (exact) mass is 937 g/mol. The van der Waals surface area contributed by atoms with Gasteiger partial charge in [-0.15, -0.1) is 0 Å². The zero-order valence-corrected chi connectivity index (χ0v) is 45.9. The number of hydrogen-bond donors (Lipinski definition) is 0. The van der Waals surface area contributed by atoms with Crippen molar-refractivity contribution in [3.05, 3.63) is 60.7 Å². The van der Waals surface area contributed by atoms with E-state index in [-0.39, 0.29) is 72.0 Å². The molecule has 2 aromatic carbocycles. The fourth-order valence-corrected chi connectivity index (χ4v) is 29.5. The minimum Gasteiger partial charge on any atom is -0.459 e. The van der Waals surface area contributed by atoms with Gasteiger partial charge in [0.25, 0.3) is 8.32 Å². The minimum atomic E-state index is -2.92. The molecule has 0 radical (unpaired) electrons. The molecule has 0 bridgehead atoms. The number of fused-ring (bicyclic) bond motifs is 2. The number of carbonyl (C=O) groups excluding carboxylic acids is 1. The fraction of sp³-hybridized carbons (Fsp3) is 0.755. The molecule has 0 unspecified atom stereocenters. The van der Waals surface area contributed by atoms with Gasteiger partial charge in [-0.05, 0) is 54.6 Å². The number of hydrogen-bond acceptors (Lipinski definition) is 8. The predicted octanol–water partition coefficient (Wildman–Crippen LogP) is 12.1. The summed E-state index contributed by atoms with van der Waals surface area (Å²) in [6.45, 7) is 40.6. The standard InChI is InChI=1S/C53H88O8Si3/c1-34(2)62(35(3)4,36(5)6)60-42(33-55-64(52(15,16)17,43-24-20-18-21-25-43)44-26-22-19-23-27-44)28-46(61-63(37(7)8,38(9)10)39(11)12)45-29-47-50(56-45)40(13)31-53(58-47)32-41(14)51-48(59-53)30-49(54)57-51/h18-27,34-42,45-48,50-51H,28-33H2,1-17H3/t40-,41-,42+,45-,46-,47-,48-,50-,51-,53+/m0/s1. The Morgan fingerprint density at radius 1 is 0.656 bits per heavy atom. The van der Waals surface area contributed by atoms with E-state index in [2.05, 4.69) is 178 Å². The van der Waals surface area contributed by atoms with Crippen LogP contribution in [0.4, 0.5) is 0 Å². The minimum absolute atomic E-state index is 0.0868. The van der Waals surface area contributed by atoms with E-state index in [1.807, 2.05) is 0 Å². The number of benzene rings is 2. The van der Waals surface area contributed by atoms with Crippen molar-refractivity contribution in [1.82, 2.24) is 0 Å². The van der Waals surface area contributed by atoms with E-state index >= 15 is 0 Å². The summed E-state index contributed by atoms with van der Waals surface area (Å²) in [5, 5.41) is 2.36. The van der Waals surface area contributed by atoms with Gasteiger partial charge in [0.1, 0.15) is 12.2 Å². The Morgan fingerprint density at radius 3 is 1.58 bits per heavy atom. The second-order valence-electron chi connectivity index (χ2n) is 23.4. The summed E-state index contributed by atoms with van der Waals surface area (Å²) in [5.41, 5.74) is 2.36. The van der Waals surface area contributed by atoms with E-state index in [9.17, 15) is 4.79 Å². The highest BCUT2D eigenvalue weighted by atomic mass is 28.4. The van der Waals surface area contributed by atoms with Crippen molar-refractivity contribution < 1.29 is 37.0 Å². The molecule has 8 nitrogen and oxygen atoms in total. The van der Waals surface area contributed by atoms with Gasteiger partial charge in [-0.3, -0.25) is 4.79 Å². The van der Waals surface area contributed by atoms with Crippen molar-refractivity contribution in [3.63, 3.8) is 0 Å². The zero-order valence-electron chi connectivity index (χ0n) is 42.9. The maximum Gasteiger partial charge on any atom is 0.308 e. The van der Waals surface area contributed by atoms with Crippen LogP contribution in [0, 0.1) is 11.8 Å². The van der Waals surface area contributed by atoms with Crippen LogP contribution in [0.3, 0.4) is 0 Å². The molecule has 4 saturated heterocycles. The summed E-state index contributed by atoms with van der Waals surface area (Å²) >= 11 is 0. The van der Waals surface area contributed by atoms with Crippen LogP contribution in [-0.4, -0.2) is 86.0 Å². The molecule has 6 rings (SSSR count). The molecule has 10 atom stereocenters. The number of ether oxygens (including phenoxy) is 4. The van der Waals surface area contributed by atoms with Crippen LogP contribution < -0.4 is 10.4 Å². The smallest absolute Gasteiger partial charge is 0.308 e. The van der Waals surface area contributed by atoms with Gasteiger partial charge in [-0.1, -0.05) is 178 Å². The second-order valence-corrected chi connectivity index (χ2v) is 38.5. The lowest BCUT2D eigenvalue weighted by Gasteiger charge is -2.50. The predicted molar refractivity (Wildman–Crippen MR) is 268 cm³/mol. The van der Waals surface area contributed by atoms with Crippen molar-refractivity contribution in [1.29, 1.82) is 0 Å². The molecule has 0 aliphatic carbocycles. The van der Waals surface area contributed by atoms with Crippen LogP contribution >= 0.6 is 0 Å². The molecule has 4 heterocycles. The molecule has 4 fully saturated rings. The molecule has 64 heavy (non-hydrogen) atoms. The van der Waals surface area contributed by atoms with Crippen molar-refractivity contribution >= 4 is 41.3 Å². The molecule has 4 aliphatic rings. The third kappa shape index (κ3) is 9.78. The van der Waals surface area contributed by atoms with Crippen molar-refractivity contribution in [3.8, 4) is 0 Å². The third-order valence-electron chi connectivity index (χ3n) is 16.2. The molecule has 0 N–H and O–H groups in total. The topological polar surface area (TPSA) is 81.7 Å². The van der Waals surface area contributed by atoms with Gasteiger partial charge < -0.3 is 32.2 Å². The lowest BCUT2D eigenvalue weighted by atomic mass is 9.80. The van der Waals surface area contributed by atoms with Crippen molar-refractivity contribution in [2.24, 2.45) is 11.8 Å². The van der Waals surface area contributed by atoms with Crippen LogP contribution in [-0.2, 0) is 37.0 Å². The van der Waals surface area contributed by atoms with Crippen LogP contribution in [0.25, 0.3) is 0 Å². The number of carbonyl (C=O) groups is 1. The van der Waals surface area contributed by atoms with Gasteiger partial charge in [0.2, 0.25) is 16.6 Å². The lowest BCUT2D eigenvalue weighted by molar-refractivity contribution is -0.346. The summed E-state index contributed by atoms with van der Waals surface area (Å²) in [6.07, 6.45) is 1.69. The Bertz CT molecular complexity index is 1730. The Morgan fingerprint density at radius 2 is 1.11 bits per heavy atom. The van der Waals surface area contributed by atoms with Gasteiger partial charge in [0, 0.05) is 31.6 Å². The van der Waals surface area contributed by atoms with E-state index in [1.165, 1.54) is 10.4 Å². The van der Waals surface area contributed by atoms with Gasteiger partial charge >= 0.3 is 5.97 Å². The first kappa shape index (κ1) is 51.7. The van der Waals surface area contributed by atoms with Crippen molar-refractivity contribution in [2.45, 2.75) is 237 Å². The summed E-state index contributed by atoms with van der Waals surface area (Å²) in [6, 6.07) is 22.0. The van der Waals surface area contributed by atoms with Gasteiger partial charge in [0.15, 0.2) is 5.79 Å². The molecular formula is C53H88O8Si3. The fourth-order valence-electron chi connectivity index (χ4n) is 13.8. The molecule has 0 saturated carbocycles. The van der Waals surface area contributed by atoms with Gasteiger partial charge in [0.05, 0.1) is 43.5 Å². The summed E-state index contributed by atoms with van der Waals surface area (Å²) in [4.78, 5) is 12.4. The van der Waals surface area contributed by atoms with E-state index in [4.69, 9.17) is 32.2 Å². The molecule has 0 aromatic heterocycles. The second kappa shape index (κ2) is 20.1. The Balaban J connectivity index is 1.44. The molecule has 1 spiro atoms. The Kier molecular flexibility index (Phi) is 16.3. The average Bonchev–Trinajstić information content (AvgIpc) is 3.81. The SMILES string of the molecule is CC(C)[Si](O[C@@H](CO[Si](c1ccccc1)(c1ccccc1)C(C)(C)C)C[C@H](O[Si](C(C)C)(C(C)C)C(C)C)[C@@H]1C[C@@H]2O[C@]3(C[C@H](C)[C@@H]4OC(=O)C[C@@H]4O3)C[C@H](C)[C@@H]2O1)(C(C)C)C(C)C. The van der Waals surface area contributed by atoms with E-state index in [1.54, 1.807) is 0 Å². The van der Waals surface area contributed by atoms with Crippen molar-refractivity contribution in [2.75, 3.05) is 6.61 Å². The van der Waals surface area contributed by atoms with Crippen LogP contribution in [0.1, 0.15) is 150 Å². The first-order valence-corrected chi connectivity index (χ1v) is 31.4. The normalized spacial score (nSPS) is 29.0. The van der Waals surface area contributed by atoms with E-state index in [0.29, 0.717) is 59.1 Å². The lowest BCUT2D eigenvalue weighted by Crippen LogP contribution is -2.67. The number of esters is 1. The molecule has 11 heteroatoms. The largest absolute Gasteiger partial charge is 0.459 e. The summed E-state index contributed by atoms with van der Waals surface area (Å²) in [5.74, 6) is -0.587. The Labute approximate surface area is 392 Å². The van der Waals surface area contributed by atoms with Crippen LogP contribution in [0.2, 0.25) is 38.3 Å². The molecule has 360 valence electrons. The highest BCUT2D eigenvalue weighted by Crippen LogP contribution is 2.52. The third-order valence-corrected chi connectivity index (χ3v) is 33.5. The molecule has 0 amide bonds. The van der Waals surface area contributed by atoms with Gasteiger partial charge in [-0.25, -0.2) is 0 Å². The molecular weight excluding hydrogens is 849 g/mol. The van der Waals surface area contributed by atoms with E-state index in [0.717, 1.165) is 6.42 Å². The summed E-state index contributed by atoms with van der Waals surface area (Å²) in [7, 11) is -7.80. The molecule has 2 aromatic rings.